The monoisotopic (exact) mass is 371 g/mol. The molecule has 2 unspecified atom stereocenters. The third kappa shape index (κ3) is 3.28. The Labute approximate surface area is 125 Å². The van der Waals surface area contributed by atoms with Gasteiger partial charge in [0.2, 0.25) is 0 Å². The van der Waals surface area contributed by atoms with Crippen LogP contribution in [0.2, 0.25) is 0 Å². The largest absolute Gasteiger partial charge is 0.251 e. The van der Waals surface area contributed by atoms with E-state index in [1.807, 2.05) is 0 Å². The lowest BCUT2D eigenvalue weighted by Crippen LogP contribution is -2.42. The standard InChI is InChI=1S/C11H15BrClNO2S2/c12-9-5-6-17-11(9)18(15,16)14-10-4-2-1-3-8(10)7-13/h5-6,8,10,14H,1-4,7H2. The van der Waals surface area contributed by atoms with E-state index in [9.17, 15) is 8.42 Å². The van der Waals surface area contributed by atoms with Gasteiger partial charge in [0, 0.05) is 16.4 Å². The summed E-state index contributed by atoms with van der Waals surface area (Å²) in [6.45, 7) is 0. The zero-order valence-corrected chi connectivity index (χ0v) is 13.7. The number of nitrogens with one attached hydrogen (secondary N) is 1. The zero-order valence-electron chi connectivity index (χ0n) is 9.73. The maximum absolute atomic E-state index is 12.3. The van der Waals surface area contributed by atoms with Crippen molar-refractivity contribution in [2.45, 2.75) is 35.9 Å². The van der Waals surface area contributed by atoms with Crippen LogP contribution in [0.1, 0.15) is 25.7 Å². The van der Waals surface area contributed by atoms with Crippen molar-refractivity contribution in [1.29, 1.82) is 0 Å². The van der Waals surface area contributed by atoms with Gasteiger partial charge in [-0.05, 0) is 46.1 Å². The van der Waals surface area contributed by atoms with Gasteiger partial charge in [0.1, 0.15) is 4.21 Å². The summed E-state index contributed by atoms with van der Waals surface area (Å²) in [5.41, 5.74) is 0. The molecule has 0 aromatic carbocycles. The van der Waals surface area contributed by atoms with Gasteiger partial charge in [0.05, 0.1) is 0 Å². The SMILES string of the molecule is O=S(=O)(NC1CCCCC1CCl)c1sccc1Br. The minimum Gasteiger partial charge on any atom is -0.207 e. The van der Waals surface area contributed by atoms with Gasteiger partial charge in [-0.1, -0.05) is 12.8 Å². The van der Waals surface area contributed by atoms with Gasteiger partial charge in [-0.25, -0.2) is 13.1 Å². The lowest BCUT2D eigenvalue weighted by molar-refractivity contribution is 0.314. The van der Waals surface area contributed by atoms with Crippen LogP contribution in [-0.4, -0.2) is 20.3 Å². The Hall–Kier alpha value is 0.380. The Morgan fingerprint density at radius 2 is 2.17 bits per heavy atom. The third-order valence-corrected chi connectivity index (χ3v) is 7.80. The molecule has 0 spiro atoms. The van der Waals surface area contributed by atoms with Crippen LogP contribution in [-0.2, 0) is 10.0 Å². The molecule has 1 aliphatic rings. The first kappa shape index (κ1) is 14.8. The van der Waals surface area contributed by atoms with E-state index in [0.717, 1.165) is 25.7 Å². The fraction of sp³-hybridized carbons (Fsp3) is 0.636. The van der Waals surface area contributed by atoms with Crippen LogP contribution in [0.15, 0.2) is 20.1 Å². The highest BCUT2D eigenvalue weighted by Gasteiger charge is 2.30. The summed E-state index contributed by atoms with van der Waals surface area (Å²) in [6, 6.07) is 1.72. The lowest BCUT2D eigenvalue weighted by Gasteiger charge is -2.30. The van der Waals surface area contributed by atoms with Crippen LogP contribution in [0.3, 0.4) is 0 Å². The number of sulfonamides is 1. The second-order valence-electron chi connectivity index (χ2n) is 4.48. The van der Waals surface area contributed by atoms with Gasteiger partial charge < -0.3 is 0 Å². The van der Waals surface area contributed by atoms with Crippen LogP contribution in [0, 0.1) is 5.92 Å². The number of halogens is 2. The minimum atomic E-state index is -3.43. The normalized spacial score (nSPS) is 25.2. The van der Waals surface area contributed by atoms with Crippen molar-refractivity contribution in [3.05, 3.63) is 15.9 Å². The first-order valence-corrected chi connectivity index (χ1v) is 9.55. The second kappa shape index (κ2) is 6.22. The van der Waals surface area contributed by atoms with Crippen molar-refractivity contribution in [3.8, 4) is 0 Å². The molecule has 18 heavy (non-hydrogen) atoms. The van der Waals surface area contributed by atoms with E-state index < -0.39 is 10.0 Å². The molecule has 0 bridgehead atoms. The number of hydrogen-bond donors (Lipinski definition) is 1. The molecule has 7 heteroatoms. The molecule has 0 saturated heterocycles. The maximum atomic E-state index is 12.3. The first-order chi connectivity index (χ1) is 8.54. The molecule has 1 fully saturated rings. The fourth-order valence-electron chi connectivity index (χ4n) is 2.27. The molecule has 0 amide bonds. The van der Waals surface area contributed by atoms with E-state index in [0.29, 0.717) is 14.6 Å². The predicted octanol–water partition coefficient (Wildman–Crippen LogP) is 3.59. The summed E-state index contributed by atoms with van der Waals surface area (Å²) in [5, 5.41) is 1.76. The molecule has 2 atom stereocenters. The average Bonchev–Trinajstić information content (AvgIpc) is 2.76. The minimum absolute atomic E-state index is 0.0322. The summed E-state index contributed by atoms with van der Waals surface area (Å²) in [4.78, 5) is 0. The van der Waals surface area contributed by atoms with Crippen molar-refractivity contribution < 1.29 is 8.42 Å². The van der Waals surface area contributed by atoms with Gasteiger partial charge in [-0.2, -0.15) is 0 Å². The highest BCUT2D eigenvalue weighted by atomic mass is 79.9. The van der Waals surface area contributed by atoms with Crippen molar-refractivity contribution in [2.75, 3.05) is 5.88 Å². The van der Waals surface area contributed by atoms with Crippen LogP contribution in [0.25, 0.3) is 0 Å². The fourth-order valence-corrected chi connectivity index (χ4v) is 6.33. The van der Waals surface area contributed by atoms with Gasteiger partial charge in [0.15, 0.2) is 0 Å². The summed E-state index contributed by atoms with van der Waals surface area (Å²) in [6.07, 6.45) is 4.08. The molecule has 2 rings (SSSR count). The van der Waals surface area contributed by atoms with E-state index in [2.05, 4.69) is 20.7 Å². The number of thiophene rings is 1. The van der Waals surface area contributed by atoms with Crippen molar-refractivity contribution in [1.82, 2.24) is 4.72 Å². The second-order valence-corrected chi connectivity index (χ2v) is 8.47. The molecular weight excluding hydrogens is 358 g/mol. The first-order valence-electron chi connectivity index (χ1n) is 5.86. The summed E-state index contributed by atoms with van der Waals surface area (Å²) in [5.74, 6) is 0.757. The Bertz CT molecular complexity index is 503. The molecule has 1 aromatic rings. The smallest absolute Gasteiger partial charge is 0.207 e. The maximum Gasteiger partial charge on any atom is 0.251 e. The van der Waals surface area contributed by atoms with E-state index in [1.165, 1.54) is 11.3 Å². The lowest BCUT2D eigenvalue weighted by atomic mass is 9.86. The van der Waals surface area contributed by atoms with E-state index in [1.54, 1.807) is 11.4 Å². The number of rotatable bonds is 4. The van der Waals surface area contributed by atoms with Crippen molar-refractivity contribution >= 4 is 48.9 Å². The Kier molecular flexibility index (Phi) is 5.11. The Balaban J connectivity index is 2.15. The molecule has 0 aliphatic heterocycles. The average molecular weight is 373 g/mol. The summed E-state index contributed by atoms with van der Waals surface area (Å²) >= 11 is 10.4. The van der Waals surface area contributed by atoms with Gasteiger partial charge in [0.25, 0.3) is 10.0 Å². The highest BCUT2D eigenvalue weighted by molar-refractivity contribution is 9.10. The summed E-state index contributed by atoms with van der Waals surface area (Å²) < 4.78 is 28.3. The van der Waals surface area contributed by atoms with E-state index in [-0.39, 0.29) is 12.0 Å². The van der Waals surface area contributed by atoms with Gasteiger partial charge >= 0.3 is 0 Å². The molecular formula is C11H15BrClNO2S2. The summed E-state index contributed by atoms with van der Waals surface area (Å²) in [7, 11) is -3.43. The van der Waals surface area contributed by atoms with Crippen LogP contribution < -0.4 is 4.72 Å². The molecule has 1 aromatic heterocycles. The van der Waals surface area contributed by atoms with E-state index >= 15 is 0 Å². The van der Waals surface area contributed by atoms with E-state index in [4.69, 9.17) is 11.6 Å². The van der Waals surface area contributed by atoms with Crippen LogP contribution in [0.4, 0.5) is 0 Å². The Morgan fingerprint density at radius 1 is 1.44 bits per heavy atom. The van der Waals surface area contributed by atoms with Gasteiger partial charge in [-0.3, -0.25) is 0 Å². The topological polar surface area (TPSA) is 46.2 Å². The van der Waals surface area contributed by atoms with Crippen LogP contribution in [0.5, 0.6) is 0 Å². The molecule has 0 radical (unpaired) electrons. The quantitative estimate of drug-likeness (QED) is 0.821. The Morgan fingerprint density at radius 3 is 2.78 bits per heavy atom. The zero-order chi connectivity index (χ0) is 13.2. The van der Waals surface area contributed by atoms with Crippen molar-refractivity contribution in [3.63, 3.8) is 0 Å². The molecule has 1 aliphatic carbocycles. The molecule has 102 valence electrons. The van der Waals surface area contributed by atoms with Crippen LogP contribution >= 0.6 is 38.9 Å². The number of hydrogen-bond acceptors (Lipinski definition) is 3. The predicted molar refractivity (Wildman–Crippen MR) is 78.8 cm³/mol. The third-order valence-electron chi connectivity index (χ3n) is 3.24. The molecule has 1 heterocycles. The molecule has 3 nitrogen and oxygen atoms in total. The van der Waals surface area contributed by atoms with Gasteiger partial charge in [-0.15, -0.1) is 22.9 Å². The number of alkyl halides is 1. The highest BCUT2D eigenvalue weighted by Crippen LogP contribution is 2.30. The molecule has 1 N–H and O–H groups in total. The van der Waals surface area contributed by atoms with Crippen molar-refractivity contribution in [2.24, 2.45) is 5.92 Å². The molecule has 1 saturated carbocycles.